The van der Waals surface area contributed by atoms with Crippen LogP contribution in [0.1, 0.15) is 66.6 Å². The van der Waals surface area contributed by atoms with E-state index in [9.17, 15) is 4.79 Å². The first-order chi connectivity index (χ1) is 16.5. The molecule has 5 heteroatoms. The summed E-state index contributed by atoms with van der Waals surface area (Å²) in [5, 5.41) is 8.77. The molecule has 0 aliphatic carbocycles. The highest BCUT2D eigenvalue weighted by molar-refractivity contribution is 5.91. The van der Waals surface area contributed by atoms with E-state index in [4.69, 9.17) is 0 Å². The van der Waals surface area contributed by atoms with Gasteiger partial charge in [-0.2, -0.15) is 0 Å². The average molecular weight is 479 g/mol. The number of nitrogens with one attached hydrogen (secondary N) is 3. The van der Waals surface area contributed by atoms with Gasteiger partial charge >= 0.3 is 6.03 Å². The van der Waals surface area contributed by atoms with Gasteiger partial charge in [-0.25, -0.2) is 4.79 Å². The number of anilines is 2. The summed E-state index contributed by atoms with van der Waals surface area (Å²) in [4.78, 5) is 16.5. The molecule has 0 unspecified atom stereocenters. The third-order valence-corrected chi connectivity index (χ3v) is 4.51. The molecule has 0 bridgehead atoms. The molecule has 0 saturated heterocycles. The zero-order chi connectivity index (χ0) is 27.6. The Morgan fingerprint density at radius 1 is 0.914 bits per heavy atom. The molecule has 1 heterocycles. The first kappa shape index (κ1) is 33.6. The van der Waals surface area contributed by atoms with Crippen LogP contribution in [0.25, 0.3) is 5.70 Å². The molecule has 2 aromatic rings. The Kier molecular flexibility index (Phi) is 17.1. The molecule has 0 fully saturated rings. The molecule has 0 aliphatic heterocycles. The number of carbonyl (C=O) groups excluding carboxylic acids is 1. The molecule has 0 aliphatic rings. The third kappa shape index (κ3) is 13.6. The number of allylic oxidation sites excluding steroid dienone is 2. The predicted molar refractivity (Wildman–Crippen MR) is 157 cm³/mol. The Hall–Kier alpha value is -3.60. The first-order valence-corrected chi connectivity index (χ1v) is 12.0. The lowest BCUT2D eigenvalue weighted by Gasteiger charge is -2.20. The van der Waals surface area contributed by atoms with Crippen molar-refractivity contribution in [1.82, 2.24) is 10.3 Å². The molecule has 3 N–H and O–H groups in total. The zero-order valence-corrected chi connectivity index (χ0v) is 23.3. The van der Waals surface area contributed by atoms with E-state index in [-0.39, 0.29) is 11.4 Å². The number of hydrogen-bond donors (Lipinski definition) is 3. The lowest BCUT2D eigenvalue weighted by atomic mass is 9.87. The van der Waals surface area contributed by atoms with Crippen LogP contribution in [0.4, 0.5) is 16.2 Å². The van der Waals surface area contributed by atoms with Crippen LogP contribution in [0.5, 0.6) is 0 Å². The van der Waals surface area contributed by atoms with Crippen molar-refractivity contribution in [3.8, 4) is 0 Å². The number of urea groups is 1. The molecule has 5 nitrogen and oxygen atoms in total. The number of aryl methyl sites for hydroxylation is 1. The van der Waals surface area contributed by atoms with Crippen LogP contribution < -0.4 is 16.0 Å². The molecule has 1 aromatic carbocycles. The highest BCUT2D eigenvalue weighted by atomic mass is 16.2. The van der Waals surface area contributed by atoms with Gasteiger partial charge in [0.25, 0.3) is 0 Å². The van der Waals surface area contributed by atoms with Crippen molar-refractivity contribution >= 4 is 23.1 Å². The highest BCUT2D eigenvalue weighted by Gasteiger charge is 2.13. The molecule has 35 heavy (non-hydrogen) atoms. The summed E-state index contributed by atoms with van der Waals surface area (Å²) in [6, 6.07) is 11.0. The minimum atomic E-state index is -0.331. The van der Waals surface area contributed by atoms with Gasteiger partial charge < -0.3 is 16.0 Å². The molecule has 0 radical (unpaired) electrons. The number of rotatable bonds is 6. The number of pyridine rings is 1. The van der Waals surface area contributed by atoms with E-state index < -0.39 is 0 Å². The maximum Gasteiger partial charge on any atom is 0.323 e. The molecular weight excluding hydrogens is 432 g/mol. The summed E-state index contributed by atoms with van der Waals surface area (Å²) >= 11 is 0. The van der Waals surface area contributed by atoms with Crippen LogP contribution in [0.15, 0.2) is 86.3 Å². The van der Waals surface area contributed by atoms with Gasteiger partial charge in [0, 0.05) is 23.3 Å². The molecule has 0 spiro atoms. The van der Waals surface area contributed by atoms with Crippen molar-refractivity contribution in [2.24, 2.45) is 5.41 Å². The van der Waals surface area contributed by atoms with E-state index in [1.165, 1.54) is 0 Å². The van der Waals surface area contributed by atoms with Crippen LogP contribution in [0, 0.1) is 12.3 Å². The summed E-state index contributed by atoms with van der Waals surface area (Å²) in [7, 11) is 0. The summed E-state index contributed by atoms with van der Waals surface area (Å²) in [6.45, 7) is 32.3. The van der Waals surface area contributed by atoms with Crippen LogP contribution >= 0.6 is 0 Å². The fourth-order valence-electron chi connectivity index (χ4n) is 2.40. The lowest BCUT2D eigenvalue weighted by molar-refractivity contribution is 0.254. The van der Waals surface area contributed by atoms with Crippen molar-refractivity contribution in [1.29, 1.82) is 0 Å². The fourth-order valence-corrected chi connectivity index (χ4v) is 2.40. The van der Waals surface area contributed by atoms with Crippen LogP contribution in [-0.2, 0) is 0 Å². The smallest absolute Gasteiger partial charge is 0.323 e. The van der Waals surface area contributed by atoms with E-state index in [1.54, 1.807) is 6.20 Å². The molecule has 2 amide bonds. The molecular formula is C30H46N4O. The van der Waals surface area contributed by atoms with Gasteiger partial charge in [0.15, 0.2) is 0 Å². The maximum atomic E-state index is 12.2. The molecule has 0 atom stereocenters. The predicted octanol–water partition coefficient (Wildman–Crippen LogP) is 8.96. The fraction of sp³-hybridized carbons (Fsp3) is 0.333. The van der Waals surface area contributed by atoms with Crippen molar-refractivity contribution in [2.45, 2.75) is 62.3 Å². The molecule has 2 rings (SSSR count). The second-order valence-corrected chi connectivity index (χ2v) is 8.08. The van der Waals surface area contributed by atoms with E-state index in [2.05, 4.69) is 68.0 Å². The Labute approximate surface area is 214 Å². The minimum Gasteiger partial charge on any atom is -0.354 e. The second kappa shape index (κ2) is 17.8. The van der Waals surface area contributed by atoms with Gasteiger partial charge in [0.05, 0.1) is 11.4 Å². The number of amides is 2. The Bertz CT molecular complexity index is 951. The van der Waals surface area contributed by atoms with Crippen LogP contribution in [0.3, 0.4) is 0 Å². The van der Waals surface area contributed by atoms with Crippen molar-refractivity contribution < 1.29 is 4.79 Å². The summed E-state index contributed by atoms with van der Waals surface area (Å²) in [5.74, 6) is 0. The van der Waals surface area contributed by atoms with Gasteiger partial charge in [0.2, 0.25) is 0 Å². The van der Waals surface area contributed by atoms with Gasteiger partial charge in [-0.3, -0.25) is 4.98 Å². The van der Waals surface area contributed by atoms with E-state index >= 15 is 0 Å². The monoisotopic (exact) mass is 478 g/mol. The second-order valence-electron chi connectivity index (χ2n) is 8.08. The van der Waals surface area contributed by atoms with Gasteiger partial charge in [-0.05, 0) is 67.3 Å². The molecule has 0 saturated carbocycles. The quantitative estimate of drug-likeness (QED) is 0.287. The van der Waals surface area contributed by atoms with Crippen molar-refractivity contribution in [3.05, 3.63) is 97.5 Å². The van der Waals surface area contributed by atoms with Gasteiger partial charge in [0.1, 0.15) is 0 Å². The van der Waals surface area contributed by atoms with Crippen LogP contribution in [-0.4, -0.2) is 11.0 Å². The standard InChI is InChI=1S/C24H30N4O.2C2H6.C2H4/c1-16-12-13-25-22(14-16)19(4)27-20-8-10-21(11-9-20)28-23(29)26-18(3)15-17(2)24(5,6)7;3*1-2/h8-15,27H,3-4H2,1-2,5-7H3,(H2,26,28,29);2*1-2H3;1-2H2/b17-15+;;;. The zero-order valence-electron chi connectivity index (χ0n) is 23.3. The third-order valence-electron chi connectivity index (χ3n) is 4.51. The topological polar surface area (TPSA) is 66.1 Å². The number of benzene rings is 1. The Morgan fingerprint density at radius 2 is 1.40 bits per heavy atom. The van der Waals surface area contributed by atoms with Crippen molar-refractivity contribution in [2.75, 3.05) is 10.6 Å². The lowest BCUT2D eigenvalue weighted by Crippen LogP contribution is -2.27. The maximum absolute atomic E-state index is 12.2. The normalized spacial score (nSPS) is 10.0. The van der Waals surface area contributed by atoms with Crippen LogP contribution in [0.2, 0.25) is 0 Å². The number of aromatic nitrogens is 1. The number of carbonyl (C=O) groups is 1. The Balaban J connectivity index is 0. The van der Waals surface area contributed by atoms with Gasteiger partial charge in [-0.1, -0.05) is 67.2 Å². The summed E-state index contributed by atoms with van der Waals surface area (Å²) in [5.41, 5.74) is 5.89. The largest absolute Gasteiger partial charge is 0.354 e. The van der Waals surface area contributed by atoms with Crippen molar-refractivity contribution in [3.63, 3.8) is 0 Å². The van der Waals surface area contributed by atoms with E-state index in [1.807, 2.05) is 84.0 Å². The SMILES string of the molecule is C=C.C=C(/C=C(\C)C(C)(C)C)NC(=O)Nc1ccc(NC(=C)c2cc(C)ccn2)cc1.CC.CC. The van der Waals surface area contributed by atoms with E-state index in [0.29, 0.717) is 17.1 Å². The highest BCUT2D eigenvalue weighted by Crippen LogP contribution is 2.25. The summed E-state index contributed by atoms with van der Waals surface area (Å²) in [6.07, 6.45) is 3.65. The first-order valence-electron chi connectivity index (χ1n) is 12.0. The average Bonchev–Trinajstić information content (AvgIpc) is 2.83. The summed E-state index contributed by atoms with van der Waals surface area (Å²) < 4.78 is 0. The Morgan fingerprint density at radius 3 is 1.86 bits per heavy atom. The number of nitrogens with zero attached hydrogens (tertiary/aromatic N) is 1. The molecule has 192 valence electrons. The van der Waals surface area contributed by atoms with Gasteiger partial charge in [-0.15, -0.1) is 13.2 Å². The molecule has 1 aromatic heterocycles. The number of hydrogen-bond acceptors (Lipinski definition) is 3. The minimum absolute atomic E-state index is 0.0297. The van der Waals surface area contributed by atoms with E-state index in [0.717, 1.165) is 22.5 Å².